The Bertz CT molecular complexity index is 789. The van der Waals surface area contributed by atoms with E-state index in [1.165, 1.54) is 32.6 Å². The van der Waals surface area contributed by atoms with Crippen LogP contribution in [0, 0.1) is 6.92 Å². The number of aromatic nitrogens is 1. The maximum absolute atomic E-state index is 3.63. The number of H-pyrrole nitrogens is 1. The fraction of sp³-hybridized carbons (Fsp3) is 0.300. The van der Waals surface area contributed by atoms with E-state index in [-0.39, 0.29) is 0 Å². The smallest absolute Gasteiger partial charge is 0.0459 e. The summed E-state index contributed by atoms with van der Waals surface area (Å²) in [5.41, 5.74) is 5.44. The number of likely N-dealkylation sites (N-methyl/N-ethyl adjacent to an activating group) is 1. The quantitative estimate of drug-likeness (QED) is 0.652. The highest BCUT2D eigenvalue weighted by molar-refractivity contribution is 7.98. The Morgan fingerprint density at radius 2 is 1.74 bits per heavy atom. The van der Waals surface area contributed by atoms with Gasteiger partial charge in [0, 0.05) is 40.2 Å². The van der Waals surface area contributed by atoms with Gasteiger partial charge >= 0.3 is 0 Å². The van der Waals surface area contributed by atoms with Crippen LogP contribution in [0.4, 0.5) is 0 Å². The van der Waals surface area contributed by atoms with Crippen molar-refractivity contribution in [3.8, 4) is 0 Å². The number of benzene rings is 2. The molecule has 0 aliphatic heterocycles. The average molecular weight is 324 g/mol. The van der Waals surface area contributed by atoms with Crippen molar-refractivity contribution in [3.05, 3.63) is 65.4 Å². The normalized spacial score (nSPS) is 11.5. The summed E-state index contributed by atoms with van der Waals surface area (Å²) >= 11 is 1.93. The van der Waals surface area contributed by atoms with Crippen molar-refractivity contribution in [3.63, 3.8) is 0 Å². The van der Waals surface area contributed by atoms with Gasteiger partial charge in [0.15, 0.2) is 0 Å². The minimum Gasteiger partial charge on any atom is -0.358 e. The first-order valence-corrected chi connectivity index (χ1v) is 9.05. The third-order valence-electron chi connectivity index (χ3n) is 4.18. The number of nitrogens with one attached hydrogen (secondary N) is 1. The van der Waals surface area contributed by atoms with Gasteiger partial charge in [-0.1, -0.05) is 36.4 Å². The first-order valence-electron chi connectivity index (χ1n) is 8.07. The molecule has 1 heterocycles. The van der Waals surface area contributed by atoms with Crippen LogP contribution in [0.2, 0.25) is 0 Å². The second-order valence-electron chi connectivity index (χ2n) is 6.24. The van der Waals surface area contributed by atoms with Crippen LogP contribution in [-0.2, 0) is 12.2 Å². The van der Waals surface area contributed by atoms with E-state index in [4.69, 9.17) is 0 Å². The SMILES string of the molecule is Cc1ccccc1SCc1c(CCN(C)C)[nH]c2ccccc12. The molecule has 0 amide bonds. The van der Waals surface area contributed by atoms with E-state index in [9.17, 15) is 0 Å². The molecule has 0 aliphatic rings. The summed E-state index contributed by atoms with van der Waals surface area (Å²) in [5.74, 6) is 1.01. The second kappa shape index (κ2) is 7.24. The molecule has 2 nitrogen and oxygen atoms in total. The highest BCUT2D eigenvalue weighted by atomic mass is 32.2. The molecule has 120 valence electrons. The Hall–Kier alpha value is -1.71. The van der Waals surface area contributed by atoms with Crippen LogP contribution in [0.3, 0.4) is 0 Å². The molecule has 3 aromatic rings. The van der Waals surface area contributed by atoms with Crippen LogP contribution in [0.1, 0.15) is 16.8 Å². The van der Waals surface area contributed by atoms with Crippen LogP contribution < -0.4 is 0 Å². The Morgan fingerprint density at radius 1 is 1.00 bits per heavy atom. The van der Waals surface area contributed by atoms with E-state index in [0.29, 0.717) is 0 Å². The molecule has 1 aromatic heterocycles. The largest absolute Gasteiger partial charge is 0.358 e. The topological polar surface area (TPSA) is 19.0 Å². The summed E-state index contributed by atoms with van der Waals surface area (Å²) < 4.78 is 0. The predicted octanol–water partition coefficient (Wildman–Crippen LogP) is 4.87. The maximum atomic E-state index is 3.63. The molecule has 1 N–H and O–H groups in total. The molecule has 0 fully saturated rings. The van der Waals surface area contributed by atoms with Gasteiger partial charge in [0.1, 0.15) is 0 Å². The van der Waals surface area contributed by atoms with E-state index < -0.39 is 0 Å². The summed E-state index contributed by atoms with van der Waals surface area (Å²) in [6.45, 7) is 3.25. The monoisotopic (exact) mass is 324 g/mol. The Morgan fingerprint density at radius 3 is 2.52 bits per heavy atom. The number of rotatable bonds is 6. The van der Waals surface area contributed by atoms with Gasteiger partial charge in [-0.05, 0) is 44.3 Å². The Kier molecular flexibility index (Phi) is 5.09. The highest BCUT2D eigenvalue weighted by Gasteiger charge is 2.12. The summed E-state index contributed by atoms with van der Waals surface area (Å²) in [7, 11) is 4.26. The van der Waals surface area contributed by atoms with Crippen LogP contribution in [0.25, 0.3) is 10.9 Å². The molecule has 3 rings (SSSR count). The number of hydrogen-bond donors (Lipinski definition) is 1. The van der Waals surface area contributed by atoms with E-state index in [1.54, 1.807) is 0 Å². The fourth-order valence-electron chi connectivity index (χ4n) is 2.84. The van der Waals surface area contributed by atoms with Gasteiger partial charge in [-0.25, -0.2) is 0 Å². The van der Waals surface area contributed by atoms with Crippen molar-refractivity contribution < 1.29 is 0 Å². The molecular formula is C20H24N2S. The molecule has 0 saturated carbocycles. The number of para-hydroxylation sites is 1. The highest BCUT2D eigenvalue weighted by Crippen LogP contribution is 2.31. The van der Waals surface area contributed by atoms with Gasteiger partial charge in [0.25, 0.3) is 0 Å². The van der Waals surface area contributed by atoms with Gasteiger partial charge in [-0.2, -0.15) is 0 Å². The van der Waals surface area contributed by atoms with Crippen molar-refractivity contribution in [2.75, 3.05) is 20.6 Å². The zero-order chi connectivity index (χ0) is 16.2. The van der Waals surface area contributed by atoms with Gasteiger partial charge < -0.3 is 9.88 Å². The zero-order valence-corrected chi connectivity index (χ0v) is 14.9. The lowest BCUT2D eigenvalue weighted by Gasteiger charge is -2.10. The third kappa shape index (κ3) is 3.80. The van der Waals surface area contributed by atoms with Crippen molar-refractivity contribution in [2.45, 2.75) is 24.0 Å². The lowest BCUT2D eigenvalue weighted by atomic mass is 10.1. The van der Waals surface area contributed by atoms with Crippen molar-refractivity contribution >= 4 is 22.7 Å². The third-order valence-corrected chi connectivity index (χ3v) is 5.38. The molecule has 3 heteroatoms. The minimum atomic E-state index is 1.01. The van der Waals surface area contributed by atoms with Crippen LogP contribution in [0.5, 0.6) is 0 Å². The number of nitrogens with zero attached hydrogens (tertiary/aromatic N) is 1. The lowest BCUT2D eigenvalue weighted by molar-refractivity contribution is 0.412. The van der Waals surface area contributed by atoms with Crippen LogP contribution >= 0.6 is 11.8 Å². The van der Waals surface area contributed by atoms with Crippen LogP contribution in [-0.4, -0.2) is 30.5 Å². The number of thioether (sulfide) groups is 1. The van der Waals surface area contributed by atoms with E-state index >= 15 is 0 Å². The van der Waals surface area contributed by atoms with Crippen molar-refractivity contribution in [1.82, 2.24) is 9.88 Å². The van der Waals surface area contributed by atoms with Gasteiger partial charge in [0.05, 0.1) is 0 Å². The molecule has 0 atom stereocenters. The summed E-state index contributed by atoms with van der Waals surface area (Å²) in [6, 6.07) is 17.3. The lowest BCUT2D eigenvalue weighted by Crippen LogP contribution is -2.15. The number of aromatic amines is 1. The molecule has 0 unspecified atom stereocenters. The number of hydrogen-bond acceptors (Lipinski definition) is 2. The first kappa shape index (κ1) is 16.2. The molecule has 23 heavy (non-hydrogen) atoms. The summed E-state index contributed by atoms with van der Waals surface area (Å²) in [4.78, 5) is 7.24. The van der Waals surface area contributed by atoms with E-state index in [1.807, 2.05) is 11.8 Å². The van der Waals surface area contributed by atoms with Crippen molar-refractivity contribution in [2.24, 2.45) is 0 Å². The number of fused-ring (bicyclic) bond motifs is 1. The average Bonchev–Trinajstić information content (AvgIpc) is 2.90. The predicted molar refractivity (Wildman–Crippen MR) is 101 cm³/mol. The molecule has 0 aliphatic carbocycles. The van der Waals surface area contributed by atoms with Gasteiger partial charge in [0.2, 0.25) is 0 Å². The van der Waals surface area contributed by atoms with Crippen molar-refractivity contribution in [1.29, 1.82) is 0 Å². The molecular weight excluding hydrogens is 300 g/mol. The molecule has 0 spiro atoms. The fourth-order valence-corrected chi connectivity index (χ4v) is 3.94. The molecule has 0 radical (unpaired) electrons. The van der Waals surface area contributed by atoms with E-state index in [2.05, 4.69) is 79.4 Å². The van der Waals surface area contributed by atoms with E-state index in [0.717, 1.165) is 18.7 Å². The number of aryl methyl sites for hydroxylation is 1. The first-order chi connectivity index (χ1) is 11.1. The molecule has 2 aromatic carbocycles. The Balaban J connectivity index is 1.88. The zero-order valence-electron chi connectivity index (χ0n) is 14.1. The Labute approximate surface area is 142 Å². The van der Waals surface area contributed by atoms with Gasteiger partial charge in [-0.3, -0.25) is 0 Å². The minimum absolute atomic E-state index is 1.01. The standard InChI is InChI=1S/C20H24N2S/c1-15-8-4-7-11-20(15)23-14-17-16-9-5-6-10-18(16)21-19(17)12-13-22(2)3/h4-11,21H,12-14H2,1-3H3. The molecule has 0 bridgehead atoms. The summed E-state index contributed by atoms with van der Waals surface area (Å²) in [5, 5.41) is 1.36. The second-order valence-corrected chi connectivity index (χ2v) is 7.25. The maximum Gasteiger partial charge on any atom is 0.0459 e. The van der Waals surface area contributed by atoms with Crippen LogP contribution in [0.15, 0.2) is 53.4 Å². The molecule has 0 saturated heterocycles. The van der Waals surface area contributed by atoms with Gasteiger partial charge in [-0.15, -0.1) is 11.8 Å². The summed E-state index contributed by atoms with van der Waals surface area (Å²) in [6.07, 6.45) is 1.06.